The van der Waals surface area contributed by atoms with Crippen LogP contribution in [-0.2, 0) is 6.54 Å². The molecule has 0 heterocycles. The highest BCUT2D eigenvalue weighted by Gasteiger charge is 2.11. The van der Waals surface area contributed by atoms with Gasteiger partial charge in [-0.15, -0.1) is 0 Å². The third-order valence-electron chi connectivity index (χ3n) is 2.85. The summed E-state index contributed by atoms with van der Waals surface area (Å²) in [5.74, 6) is 6.19. The molecule has 0 bridgehead atoms. The molecule has 4 N–H and O–H groups in total. The van der Waals surface area contributed by atoms with Crippen LogP contribution in [-0.4, -0.2) is 13.8 Å². The number of nitrogens with two attached hydrogens (primary N) is 1. The normalized spacial score (nSPS) is 10.6. The molecule has 0 saturated carbocycles. The second kappa shape index (κ2) is 5.84. The van der Waals surface area contributed by atoms with Crippen LogP contribution in [0, 0.1) is 20.8 Å². The molecule has 90 valence electrons. The van der Waals surface area contributed by atoms with Crippen molar-refractivity contribution in [3.63, 3.8) is 0 Å². The van der Waals surface area contributed by atoms with Gasteiger partial charge in [0.1, 0.15) is 5.75 Å². The van der Waals surface area contributed by atoms with Crippen LogP contribution in [0.25, 0.3) is 0 Å². The van der Waals surface area contributed by atoms with Gasteiger partial charge in [0.2, 0.25) is 0 Å². The molecular weight excluding hydrogens is 202 g/mol. The number of nitrogens with one attached hydrogen (secondary N) is 2. The molecule has 0 aliphatic carbocycles. The highest BCUT2D eigenvalue weighted by molar-refractivity contribution is 5.49. The van der Waals surface area contributed by atoms with Crippen LogP contribution in [0.15, 0.2) is 6.07 Å². The molecule has 4 nitrogen and oxygen atoms in total. The minimum atomic E-state index is 0.579. The molecule has 4 heteroatoms. The summed E-state index contributed by atoms with van der Waals surface area (Å²) in [6, 6.07) is 2.19. The molecule has 0 aliphatic rings. The van der Waals surface area contributed by atoms with E-state index >= 15 is 0 Å². The third-order valence-corrected chi connectivity index (χ3v) is 2.85. The van der Waals surface area contributed by atoms with Crippen LogP contribution >= 0.6 is 0 Å². The smallest absolute Gasteiger partial charge is 0.126 e. The third kappa shape index (κ3) is 2.72. The van der Waals surface area contributed by atoms with Gasteiger partial charge in [-0.2, -0.15) is 0 Å². The fourth-order valence-corrected chi connectivity index (χ4v) is 1.86. The van der Waals surface area contributed by atoms with Crippen molar-refractivity contribution in [1.29, 1.82) is 0 Å². The van der Waals surface area contributed by atoms with Crippen LogP contribution < -0.4 is 21.3 Å². The van der Waals surface area contributed by atoms with Gasteiger partial charge in [-0.05, 0) is 37.5 Å². The molecule has 0 aromatic heterocycles. The van der Waals surface area contributed by atoms with Crippen LogP contribution in [0.4, 0.5) is 0 Å². The van der Waals surface area contributed by atoms with E-state index in [-0.39, 0.29) is 0 Å². The maximum atomic E-state index is 5.48. The Morgan fingerprint density at radius 2 is 1.94 bits per heavy atom. The molecule has 0 aliphatic heterocycles. The van der Waals surface area contributed by atoms with Gasteiger partial charge >= 0.3 is 0 Å². The first kappa shape index (κ1) is 13.0. The van der Waals surface area contributed by atoms with Crippen LogP contribution in [0.2, 0.25) is 0 Å². The number of hydrogen-bond donors (Lipinski definition) is 3. The van der Waals surface area contributed by atoms with Crippen LogP contribution in [0.1, 0.15) is 22.3 Å². The van der Waals surface area contributed by atoms with Crippen molar-refractivity contribution in [2.45, 2.75) is 27.3 Å². The highest BCUT2D eigenvalue weighted by atomic mass is 16.5. The number of ether oxygens (including phenoxy) is 1. The maximum absolute atomic E-state index is 5.48. The molecule has 1 rings (SSSR count). The molecular formula is C12H21N3O. The van der Waals surface area contributed by atoms with Gasteiger partial charge in [0.05, 0.1) is 13.8 Å². The van der Waals surface area contributed by atoms with E-state index in [1.165, 1.54) is 22.3 Å². The quantitative estimate of drug-likeness (QED) is 0.303. The fraction of sp³-hybridized carbons (Fsp3) is 0.500. The largest absolute Gasteiger partial charge is 0.496 e. The Labute approximate surface area is 97.1 Å². The van der Waals surface area contributed by atoms with Crippen molar-refractivity contribution in [1.82, 2.24) is 10.7 Å². The van der Waals surface area contributed by atoms with Crippen LogP contribution in [0.3, 0.4) is 0 Å². The van der Waals surface area contributed by atoms with Crippen molar-refractivity contribution >= 4 is 0 Å². The van der Waals surface area contributed by atoms with Gasteiger partial charge < -0.3 is 4.74 Å². The van der Waals surface area contributed by atoms with Gasteiger partial charge in [-0.1, -0.05) is 6.07 Å². The zero-order valence-electron chi connectivity index (χ0n) is 10.5. The molecule has 0 radical (unpaired) electrons. The molecule has 16 heavy (non-hydrogen) atoms. The van der Waals surface area contributed by atoms with Gasteiger partial charge in [-0.25, -0.2) is 5.43 Å². The summed E-state index contributed by atoms with van der Waals surface area (Å²) >= 11 is 0. The second-order valence-corrected chi connectivity index (χ2v) is 3.95. The predicted octanol–water partition coefficient (Wildman–Crippen LogP) is 1.13. The molecule has 0 spiro atoms. The number of hydrogen-bond acceptors (Lipinski definition) is 4. The zero-order chi connectivity index (χ0) is 12.1. The minimum Gasteiger partial charge on any atom is -0.496 e. The lowest BCUT2D eigenvalue weighted by molar-refractivity contribution is 0.403. The first-order valence-corrected chi connectivity index (χ1v) is 5.39. The average Bonchev–Trinajstić information content (AvgIpc) is 2.26. The summed E-state index contributed by atoms with van der Waals surface area (Å²) in [7, 11) is 1.71. The Morgan fingerprint density at radius 3 is 2.50 bits per heavy atom. The molecule has 0 fully saturated rings. The first-order valence-electron chi connectivity index (χ1n) is 5.39. The lowest BCUT2D eigenvalue weighted by Gasteiger charge is -2.17. The number of benzene rings is 1. The number of hydrazine groups is 1. The average molecular weight is 223 g/mol. The van der Waals surface area contributed by atoms with E-state index in [0.29, 0.717) is 6.67 Å². The summed E-state index contributed by atoms with van der Waals surface area (Å²) in [6.07, 6.45) is 0. The minimum absolute atomic E-state index is 0.579. The van der Waals surface area contributed by atoms with Gasteiger partial charge in [0, 0.05) is 12.1 Å². The predicted molar refractivity (Wildman–Crippen MR) is 66.2 cm³/mol. The SMILES string of the molecule is COc1c(C)c(C)cc(C)c1CNCNN. The number of aryl methyl sites for hydroxylation is 2. The molecule has 0 amide bonds. The summed E-state index contributed by atoms with van der Waals surface area (Å²) in [4.78, 5) is 0. The van der Waals surface area contributed by atoms with Gasteiger partial charge in [-0.3, -0.25) is 11.2 Å². The van der Waals surface area contributed by atoms with Gasteiger partial charge in [0.25, 0.3) is 0 Å². The zero-order valence-corrected chi connectivity index (χ0v) is 10.5. The molecule has 1 aromatic rings. The molecule has 0 atom stereocenters. The van der Waals surface area contributed by atoms with Crippen LogP contribution in [0.5, 0.6) is 5.75 Å². The van der Waals surface area contributed by atoms with Crippen molar-refractivity contribution in [3.05, 3.63) is 28.3 Å². The summed E-state index contributed by atoms with van der Waals surface area (Å²) in [5, 5.41) is 3.20. The standard InChI is InChI=1S/C12H21N3O/c1-8-5-9(2)11(6-14-7-15-13)12(16-4)10(8)3/h5,14-15H,6-7,13H2,1-4H3. The van der Waals surface area contributed by atoms with E-state index in [4.69, 9.17) is 10.6 Å². The van der Waals surface area contributed by atoms with E-state index in [0.717, 1.165) is 12.3 Å². The van der Waals surface area contributed by atoms with E-state index in [1.54, 1.807) is 7.11 Å². The molecule has 0 saturated heterocycles. The molecule has 1 aromatic carbocycles. The van der Waals surface area contributed by atoms with Crippen molar-refractivity contribution in [2.75, 3.05) is 13.8 Å². The van der Waals surface area contributed by atoms with Crippen molar-refractivity contribution in [3.8, 4) is 5.75 Å². The Hall–Kier alpha value is -1.10. The first-order chi connectivity index (χ1) is 7.61. The summed E-state index contributed by atoms with van der Waals surface area (Å²) in [6.45, 7) is 7.61. The molecule has 0 unspecified atom stereocenters. The van der Waals surface area contributed by atoms with Crippen molar-refractivity contribution in [2.24, 2.45) is 5.84 Å². The lowest BCUT2D eigenvalue weighted by atomic mass is 9.99. The maximum Gasteiger partial charge on any atom is 0.126 e. The van der Waals surface area contributed by atoms with E-state index in [9.17, 15) is 0 Å². The fourth-order valence-electron chi connectivity index (χ4n) is 1.86. The second-order valence-electron chi connectivity index (χ2n) is 3.95. The Bertz CT molecular complexity index is 364. The lowest BCUT2D eigenvalue weighted by Crippen LogP contribution is -2.33. The monoisotopic (exact) mass is 223 g/mol. The van der Waals surface area contributed by atoms with Crippen molar-refractivity contribution < 1.29 is 4.74 Å². The summed E-state index contributed by atoms with van der Waals surface area (Å²) in [5.41, 5.74) is 7.46. The van der Waals surface area contributed by atoms with Gasteiger partial charge in [0.15, 0.2) is 0 Å². The number of methoxy groups -OCH3 is 1. The summed E-state index contributed by atoms with van der Waals surface area (Å²) < 4.78 is 5.48. The Morgan fingerprint density at radius 1 is 1.25 bits per heavy atom. The Balaban J connectivity index is 3.01. The highest BCUT2D eigenvalue weighted by Crippen LogP contribution is 2.29. The topological polar surface area (TPSA) is 59.3 Å². The van der Waals surface area contributed by atoms with E-state index < -0.39 is 0 Å². The Kier molecular flexibility index (Phi) is 4.73. The number of rotatable bonds is 5. The van der Waals surface area contributed by atoms with E-state index in [2.05, 4.69) is 37.6 Å². The van der Waals surface area contributed by atoms with E-state index in [1.807, 2.05) is 0 Å².